The lowest BCUT2D eigenvalue weighted by Crippen LogP contribution is -2.33. The highest BCUT2D eigenvalue weighted by molar-refractivity contribution is 5.99. The average Bonchev–Trinajstić information content (AvgIpc) is 2.41. The molecule has 1 aliphatic rings. The molecule has 0 aliphatic heterocycles. The van der Waals surface area contributed by atoms with Gasteiger partial charge in [0.05, 0.1) is 0 Å². The molecule has 0 radical (unpaired) electrons. The van der Waals surface area contributed by atoms with Crippen LogP contribution >= 0.6 is 0 Å². The predicted octanol–water partition coefficient (Wildman–Crippen LogP) is 3.60. The Kier molecular flexibility index (Phi) is 4.48. The third-order valence-electron chi connectivity index (χ3n) is 3.72. The first-order valence-electron chi connectivity index (χ1n) is 6.55. The summed E-state index contributed by atoms with van der Waals surface area (Å²) in [7, 11) is 1.58. The Balaban J connectivity index is 2.11. The number of halogens is 1. The van der Waals surface area contributed by atoms with Gasteiger partial charge >= 0.3 is 0 Å². The summed E-state index contributed by atoms with van der Waals surface area (Å²) in [5, 5.41) is 0. The van der Waals surface area contributed by atoms with Gasteiger partial charge in [0.2, 0.25) is 0 Å². The maximum Gasteiger partial charge on any atom is 0.191 e. The SMILES string of the molecule is COC(C(=O)c1ccc(F)cc1)C1CCCCC1. The van der Waals surface area contributed by atoms with Crippen molar-refractivity contribution in [3.05, 3.63) is 35.6 Å². The molecule has 98 valence electrons. The zero-order valence-electron chi connectivity index (χ0n) is 10.7. The Labute approximate surface area is 107 Å². The van der Waals surface area contributed by atoms with E-state index in [4.69, 9.17) is 4.74 Å². The first-order valence-corrected chi connectivity index (χ1v) is 6.55. The van der Waals surface area contributed by atoms with Crippen molar-refractivity contribution < 1.29 is 13.9 Å². The molecule has 3 heteroatoms. The summed E-state index contributed by atoms with van der Waals surface area (Å²) in [4.78, 5) is 12.3. The van der Waals surface area contributed by atoms with Gasteiger partial charge in [-0.1, -0.05) is 19.3 Å². The van der Waals surface area contributed by atoms with Crippen LogP contribution in [0.4, 0.5) is 4.39 Å². The molecule has 0 amide bonds. The highest BCUT2D eigenvalue weighted by Gasteiger charge is 2.29. The van der Waals surface area contributed by atoms with Gasteiger partial charge in [-0.3, -0.25) is 4.79 Å². The van der Waals surface area contributed by atoms with Gasteiger partial charge in [0, 0.05) is 12.7 Å². The Morgan fingerprint density at radius 1 is 1.22 bits per heavy atom. The molecule has 2 rings (SSSR count). The van der Waals surface area contributed by atoms with E-state index in [-0.39, 0.29) is 17.7 Å². The third kappa shape index (κ3) is 2.96. The van der Waals surface area contributed by atoms with Gasteiger partial charge < -0.3 is 4.74 Å². The lowest BCUT2D eigenvalue weighted by atomic mass is 9.82. The number of carbonyl (C=O) groups is 1. The largest absolute Gasteiger partial charge is 0.373 e. The van der Waals surface area contributed by atoms with E-state index in [1.807, 2.05) is 0 Å². The van der Waals surface area contributed by atoms with Crippen LogP contribution in [0.1, 0.15) is 42.5 Å². The van der Waals surface area contributed by atoms with E-state index in [0.29, 0.717) is 11.5 Å². The van der Waals surface area contributed by atoms with Gasteiger partial charge in [-0.2, -0.15) is 0 Å². The Morgan fingerprint density at radius 3 is 2.39 bits per heavy atom. The van der Waals surface area contributed by atoms with E-state index in [2.05, 4.69) is 0 Å². The first-order chi connectivity index (χ1) is 8.72. The Hall–Kier alpha value is -1.22. The first kappa shape index (κ1) is 13.2. The zero-order chi connectivity index (χ0) is 13.0. The topological polar surface area (TPSA) is 26.3 Å². The lowest BCUT2D eigenvalue weighted by Gasteiger charge is -2.28. The van der Waals surface area contributed by atoms with E-state index < -0.39 is 0 Å². The number of methoxy groups -OCH3 is 1. The summed E-state index contributed by atoms with van der Waals surface area (Å²) in [5.41, 5.74) is 0.536. The van der Waals surface area contributed by atoms with Crippen LogP contribution < -0.4 is 0 Å². The smallest absolute Gasteiger partial charge is 0.191 e. The highest BCUT2D eigenvalue weighted by Crippen LogP contribution is 2.29. The van der Waals surface area contributed by atoms with E-state index in [1.165, 1.54) is 43.5 Å². The molecule has 1 unspecified atom stereocenters. The number of ketones is 1. The zero-order valence-corrected chi connectivity index (χ0v) is 10.7. The van der Waals surface area contributed by atoms with Gasteiger partial charge in [-0.15, -0.1) is 0 Å². The molecule has 2 nitrogen and oxygen atoms in total. The van der Waals surface area contributed by atoms with Crippen molar-refractivity contribution >= 4 is 5.78 Å². The number of hydrogen-bond donors (Lipinski definition) is 0. The molecule has 0 spiro atoms. The molecule has 18 heavy (non-hydrogen) atoms. The molecule has 1 aromatic rings. The van der Waals surface area contributed by atoms with Crippen LogP contribution in [0.3, 0.4) is 0 Å². The van der Waals surface area contributed by atoms with Gasteiger partial charge in [-0.25, -0.2) is 4.39 Å². The molecule has 1 fully saturated rings. The maximum atomic E-state index is 12.8. The fourth-order valence-corrected chi connectivity index (χ4v) is 2.73. The molecule has 1 atom stereocenters. The average molecular weight is 250 g/mol. The fraction of sp³-hybridized carbons (Fsp3) is 0.533. The van der Waals surface area contributed by atoms with E-state index in [1.54, 1.807) is 7.11 Å². The Morgan fingerprint density at radius 2 is 1.83 bits per heavy atom. The molecule has 1 saturated carbocycles. The lowest BCUT2D eigenvalue weighted by molar-refractivity contribution is 0.0314. The predicted molar refractivity (Wildman–Crippen MR) is 68.1 cm³/mol. The molecule has 0 bridgehead atoms. The minimum atomic E-state index is -0.379. The second-order valence-electron chi connectivity index (χ2n) is 4.93. The van der Waals surface area contributed by atoms with Crippen molar-refractivity contribution in [2.24, 2.45) is 5.92 Å². The molecule has 0 N–H and O–H groups in total. The van der Waals surface area contributed by atoms with Crippen LogP contribution in [0, 0.1) is 11.7 Å². The third-order valence-corrected chi connectivity index (χ3v) is 3.72. The number of carbonyl (C=O) groups excluding carboxylic acids is 1. The van der Waals surface area contributed by atoms with Crippen LogP contribution in [-0.4, -0.2) is 19.0 Å². The van der Waals surface area contributed by atoms with E-state index in [0.717, 1.165) is 12.8 Å². The normalized spacial score (nSPS) is 18.6. The summed E-state index contributed by atoms with van der Waals surface area (Å²) in [6.07, 6.45) is 5.30. The molecular formula is C15H19FO2. The molecule has 1 aliphatic carbocycles. The number of hydrogen-bond acceptors (Lipinski definition) is 2. The standard InChI is InChI=1S/C15H19FO2/c1-18-15(12-5-3-2-4-6-12)14(17)11-7-9-13(16)10-8-11/h7-10,12,15H,2-6H2,1H3. The minimum absolute atomic E-state index is 0.0237. The fourth-order valence-electron chi connectivity index (χ4n) is 2.73. The molecule has 0 heterocycles. The van der Waals surface area contributed by atoms with Crippen molar-refractivity contribution in [3.8, 4) is 0 Å². The molecule has 0 aromatic heterocycles. The van der Waals surface area contributed by atoms with Crippen LogP contribution in [-0.2, 0) is 4.74 Å². The van der Waals surface area contributed by atoms with Crippen LogP contribution in [0.2, 0.25) is 0 Å². The van der Waals surface area contributed by atoms with Gasteiger partial charge in [0.25, 0.3) is 0 Å². The molecular weight excluding hydrogens is 231 g/mol. The number of Topliss-reactive ketones (excluding diaryl/α,β-unsaturated/α-hetero) is 1. The van der Waals surface area contributed by atoms with E-state index in [9.17, 15) is 9.18 Å². The van der Waals surface area contributed by atoms with Gasteiger partial charge in [-0.05, 0) is 43.0 Å². The maximum absolute atomic E-state index is 12.8. The van der Waals surface area contributed by atoms with Gasteiger partial charge in [0.1, 0.15) is 11.9 Å². The van der Waals surface area contributed by atoms with Crippen LogP contribution in [0.15, 0.2) is 24.3 Å². The summed E-state index contributed by atoms with van der Waals surface area (Å²) < 4.78 is 18.2. The van der Waals surface area contributed by atoms with Crippen molar-refractivity contribution in [2.45, 2.75) is 38.2 Å². The number of benzene rings is 1. The summed E-state index contributed by atoms with van der Waals surface area (Å²) in [5.74, 6) is -0.0381. The summed E-state index contributed by atoms with van der Waals surface area (Å²) >= 11 is 0. The van der Waals surface area contributed by atoms with E-state index >= 15 is 0 Å². The molecule has 0 saturated heterocycles. The van der Waals surface area contributed by atoms with Crippen molar-refractivity contribution in [1.29, 1.82) is 0 Å². The second kappa shape index (κ2) is 6.10. The number of rotatable bonds is 4. The minimum Gasteiger partial charge on any atom is -0.373 e. The van der Waals surface area contributed by atoms with Crippen LogP contribution in [0.25, 0.3) is 0 Å². The van der Waals surface area contributed by atoms with Gasteiger partial charge in [0.15, 0.2) is 5.78 Å². The summed E-state index contributed by atoms with van der Waals surface area (Å²) in [6, 6.07) is 5.71. The molecule has 1 aromatic carbocycles. The second-order valence-corrected chi connectivity index (χ2v) is 4.93. The quantitative estimate of drug-likeness (QED) is 0.763. The van der Waals surface area contributed by atoms with Crippen molar-refractivity contribution in [1.82, 2.24) is 0 Å². The van der Waals surface area contributed by atoms with Crippen molar-refractivity contribution in [3.63, 3.8) is 0 Å². The van der Waals surface area contributed by atoms with Crippen molar-refractivity contribution in [2.75, 3.05) is 7.11 Å². The summed E-state index contributed by atoms with van der Waals surface area (Å²) in [6.45, 7) is 0. The van der Waals surface area contributed by atoms with Crippen LogP contribution in [0.5, 0.6) is 0 Å². The Bertz CT molecular complexity index is 393. The monoisotopic (exact) mass is 250 g/mol. The highest BCUT2D eigenvalue weighted by atomic mass is 19.1. The number of ether oxygens (including phenoxy) is 1.